The van der Waals surface area contributed by atoms with Gasteiger partial charge in [-0.25, -0.2) is 14.5 Å². The second-order valence-electron chi connectivity index (χ2n) is 12.3. The van der Waals surface area contributed by atoms with E-state index in [9.17, 15) is 9.90 Å². The SMILES string of the molecule is CC(C)(C)OC(=O)N1CCC2(CC2)[C@@H](Oc2cncc(-c3nn(C4CCCCO4)c4ccc(CCO)cc34)n2)C1. The van der Waals surface area contributed by atoms with E-state index in [-0.39, 0.29) is 30.4 Å². The van der Waals surface area contributed by atoms with Crippen LogP contribution in [0.2, 0.25) is 0 Å². The highest BCUT2D eigenvalue weighted by molar-refractivity contribution is 5.93. The third-order valence-electron chi connectivity index (χ3n) is 8.21. The molecule has 40 heavy (non-hydrogen) atoms. The summed E-state index contributed by atoms with van der Waals surface area (Å²) in [6.45, 7) is 7.56. The second kappa shape index (κ2) is 10.6. The summed E-state index contributed by atoms with van der Waals surface area (Å²) >= 11 is 0. The fourth-order valence-electron chi connectivity index (χ4n) is 5.85. The summed E-state index contributed by atoms with van der Waals surface area (Å²) in [4.78, 5) is 23.9. The highest BCUT2D eigenvalue weighted by Crippen LogP contribution is 2.54. The number of likely N-dealkylation sites (tertiary alicyclic amines) is 1. The van der Waals surface area contributed by atoms with Gasteiger partial charge in [0.15, 0.2) is 6.23 Å². The Morgan fingerprint density at radius 2 is 2.05 bits per heavy atom. The first-order valence-electron chi connectivity index (χ1n) is 14.5. The van der Waals surface area contributed by atoms with Crippen molar-refractivity contribution in [1.82, 2.24) is 24.6 Å². The lowest BCUT2D eigenvalue weighted by Crippen LogP contribution is -2.51. The largest absolute Gasteiger partial charge is 0.471 e. The number of piperidine rings is 1. The van der Waals surface area contributed by atoms with E-state index in [4.69, 9.17) is 24.3 Å². The molecule has 6 rings (SSSR count). The molecule has 214 valence electrons. The Morgan fingerprint density at radius 1 is 1.20 bits per heavy atom. The number of aliphatic hydroxyl groups is 1. The van der Waals surface area contributed by atoms with Crippen molar-refractivity contribution in [2.75, 3.05) is 26.3 Å². The Balaban J connectivity index is 1.29. The molecule has 1 unspecified atom stereocenters. The maximum absolute atomic E-state index is 12.8. The van der Waals surface area contributed by atoms with Crippen LogP contribution in [-0.2, 0) is 15.9 Å². The molecular formula is C30H39N5O5. The van der Waals surface area contributed by atoms with Crippen molar-refractivity contribution in [3.63, 3.8) is 0 Å². The van der Waals surface area contributed by atoms with Crippen LogP contribution in [0.1, 0.15) is 71.1 Å². The quantitative estimate of drug-likeness (QED) is 0.462. The molecule has 10 heteroatoms. The lowest BCUT2D eigenvalue weighted by Gasteiger charge is -2.39. The van der Waals surface area contributed by atoms with E-state index >= 15 is 0 Å². The van der Waals surface area contributed by atoms with Crippen molar-refractivity contribution < 1.29 is 24.1 Å². The highest BCUT2D eigenvalue weighted by atomic mass is 16.6. The first kappa shape index (κ1) is 27.0. The number of fused-ring (bicyclic) bond motifs is 1. The van der Waals surface area contributed by atoms with Gasteiger partial charge in [0.05, 0.1) is 24.5 Å². The molecule has 1 saturated carbocycles. The molecule has 3 aromatic rings. The summed E-state index contributed by atoms with van der Waals surface area (Å²) in [5, 5.41) is 15.5. The molecule has 2 atom stereocenters. The molecule has 1 amide bonds. The molecule has 10 nitrogen and oxygen atoms in total. The van der Waals surface area contributed by atoms with Crippen LogP contribution >= 0.6 is 0 Å². The molecule has 2 aromatic heterocycles. The summed E-state index contributed by atoms with van der Waals surface area (Å²) in [5.41, 5.74) is 2.84. The van der Waals surface area contributed by atoms with Gasteiger partial charge in [-0.2, -0.15) is 5.10 Å². The zero-order valence-corrected chi connectivity index (χ0v) is 23.6. The predicted molar refractivity (Wildman–Crippen MR) is 149 cm³/mol. The van der Waals surface area contributed by atoms with E-state index in [1.807, 2.05) is 37.6 Å². The predicted octanol–water partition coefficient (Wildman–Crippen LogP) is 4.90. The molecule has 1 aromatic carbocycles. The van der Waals surface area contributed by atoms with Crippen molar-refractivity contribution in [3.8, 4) is 17.3 Å². The average Bonchev–Trinajstić information content (AvgIpc) is 3.61. The van der Waals surface area contributed by atoms with Crippen molar-refractivity contribution in [1.29, 1.82) is 0 Å². The summed E-state index contributed by atoms with van der Waals surface area (Å²) < 4.78 is 20.1. The summed E-state index contributed by atoms with van der Waals surface area (Å²) in [5.74, 6) is 0.419. The first-order chi connectivity index (χ1) is 19.2. The molecule has 1 spiro atoms. The number of nitrogens with zero attached hydrogens (tertiary/aromatic N) is 5. The van der Waals surface area contributed by atoms with Crippen LogP contribution in [0.15, 0.2) is 30.6 Å². The Hall–Kier alpha value is -3.24. The third kappa shape index (κ3) is 5.51. The summed E-state index contributed by atoms with van der Waals surface area (Å²) in [6, 6.07) is 6.15. The molecule has 0 radical (unpaired) electrons. The number of aromatic nitrogens is 4. The normalized spacial score (nSPS) is 22.4. The molecule has 4 heterocycles. The monoisotopic (exact) mass is 549 g/mol. The van der Waals surface area contributed by atoms with Gasteiger partial charge in [-0.1, -0.05) is 6.07 Å². The minimum atomic E-state index is -0.548. The van der Waals surface area contributed by atoms with Gasteiger partial charge in [-0.15, -0.1) is 0 Å². The van der Waals surface area contributed by atoms with Crippen LogP contribution in [0.4, 0.5) is 4.79 Å². The molecule has 2 saturated heterocycles. The van der Waals surface area contributed by atoms with E-state index in [2.05, 4.69) is 11.1 Å². The van der Waals surface area contributed by atoms with E-state index in [0.29, 0.717) is 36.8 Å². The van der Waals surface area contributed by atoms with Gasteiger partial charge in [0.25, 0.3) is 0 Å². The minimum Gasteiger partial charge on any atom is -0.471 e. The maximum atomic E-state index is 12.8. The Labute approximate surface area is 234 Å². The standard InChI is InChI=1S/C30H39N5O5/c1-29(2,3)40-28(37)34-13-12-30(10-11-30)24(19-34)39-25-18-31-17-22(32-25)27-21-16-20(9-14-36)7-8-23(21)35(33-27)26-6-4-5-15-38-26/h7-8,16-18,24,26,36H,4-6,9-15,19H2,1-3H3/t24-,26?/m0/s1. The van der Waals surface area contributed by atoms with Crippen LogP contribution in [0.3, 0.4) is 0 Å². The fraction of sp³-hybridized carbons (Fsp3) is 0.600. The van der Waals surface area contributed by atoms with Gasteiger partial charge >= 0.3 is 6.09 Å². The van der Waals surface area contributed by atoms with E-state index < -0.39 is 5.60 Å². The van der Waals surface area contributed by atoms with Crippen molar-refractivity contribution in [2.45, 2.75) is 83.6 Å². The number of hydrogen-bond acceptors (Lipinski definition) is 8. The number of hydrogen-bond donors (Lipinski definition) is 1. The fourth-order valence-corrected chi connectivity index (χ4v) is 5.85. The number of carbonyl (C=O) groups excluding carboxylic acids is 1. The van der Waals surface area contributed by atoms with Crippen LogP contribution < -0.4 is 4.74 Å². The second-order valence-corrected chi connectivity index (χ2v) is 12.3. The smallest absolute Gasteiger partial charge is 0.410 e. The van der Waals surface area contributed by atoms with Crippen LogP contribution in [0, 0.1) is 5.41 Å². The number of rotatable bonds is 6. The van der Waals surface area contributed by atoms with Crippen LogP contribution in [0.25, 0.3) is 22.3 Å². The van der Waals surface area contributed by atoms with Gasteiger partial charge in [-0.05, 0) is 83.4 Å². The topological polar surface area (TPSA) is 112 Å². The van der Waals surface area contributed by atoms with Gasteiger partial charge in [-0.3, -0.25) is 4.98 Å². The van der Waals surface area contributed by atoms with Gasteiger partial charge in [0, 0.05) is 30.6 Å². The van der Waals surface area contributed by atoms with Crippen molar-refractivity contribution in [2.24, 2.45) is 5.41 Å². The van der Waals surface area contributed by atoms with Crippen molar-refractivity contribution in [3.05, 3.63) is 36.2 Å². The zero-order chi connectivity index (χ0) is 27.9. The number of carbonyl (C=O) groups is 1. The zero-order valence-electron chi connectivity index (χ0n) is 23.6. The molecule has 2 aliphatic heterocycles. The molecule has 3 aliphatic rings. The molecule has 1 N–H and O–H groups in total. The van der Waals surface area contributed by atoms with Crippen LogP contribution in [-0.4, -0.2) is 73.9 Å². The maximum Gasteiger partial charge on any atom is 0.410 e. The molecule has 1 aliphatic carbocycles. The van der Waals surface area contributed by atoms with E-state index in [1.165, 1.54) is 0 Å². The third-order valence-corrected chi connectivity index (χ3v) is 8.21. The lowest BCUT2D eigenvalue weighted by atomic mass is 9.90. The Morgan fingerprint density at radius 3 is 2.77 bits per heavy atom. The number of aliphatic hydroxyl groups excluding tert-OH is 1. The van der Waals surface area contributed by atoms with Gasteiger partial charge < -0.3 is 24.2 Å². The number of ether oxygens (including phenoxy) is 3. The molecular weight excluding hydrogens is 510 g/mol. The average molecular weight is 550 g/mol. The lowest BCUT2D eigenvalue weighted by molar-refractivity contribution is -0.0365. The Kier molecular flexibility index (Phi) is 7.16. The summed E-state index contributed by atoms with van der Waals surface area (Å²) in [7, 11) is 0. The van der Waals surface area contributed by atoms with E-state index in [1.54, 1.807) is 17.3 Å². The molecule has 0 bridgehead atoms. The summed E-state index contributed by atoms with van der Waals surface area (Å²) in [6.07, 6.45) is 9.38. The van der Waals surface area contributed by atoms with Gasteiger partial charge in [0.1, 0.15) is 23.1 Å². The Bertz CT molecular complexity index is 1370. The van der Waals surface area contributed by atoms with Gasteiger partial charge in [0.2, 0.25) is 5.88 Å². The number of amides is 1. The van der Waals surface area contributed by atoms with E-state index in [0.717, 1.165) is 61.6 Å². The highest BCUT2D eigenvalue weighted by Gasteiger charge is 2.54. The number of benzene rings is 1. The minimum absolute atomic E-state index is 0.0714. The van der Waals surface area contributed by atoms with Crippen molar-refractivity contribution >= 4 is 17.0 Å². The molecule has 3 fully saturated rings. The van der Waals surface area contributed by atoms with Crippen LogP contribution in [0.5, 0.6) is 5.88 Å². The first-order valence-corrected chi connectivity index (χ1v) is 14.5.